The number of carbonyl (C=O) groups excluding carboxylic acids is 4. The smallest absolute Gasteiger partial charge is 0.328 e. The molecule has 3 atom stereocenters. The van der Waals surface area contributed by atoms with Gasteiger partial charge >= 0.3 is 5.97 Å². The molecular formula is C15H28N6O7. The van der Waals surface area contributed by atoms with Gasteiger partial charge in [0.05, 0.1) is 25.6 Å². The van der Waals surface area contributed by atoms with Crippen molar-refractivity contribution in [3.05, 3.63) is 0 Å². The third kappa shape index (κ3) is 10.4. The number of amides is 4. The Morgan fingerprint density at radius 3 is 2.11 bits per heavy atom. The van der Waals surface area contributed by atoms with Crippen molar-refractivity contribution in [3.63, 3.8) is 0 Å². The minimum absolute atomic E-state index is 0.384. The van der Waals surface area contributed by atoms with Crippen molar-refractivity contribution >= 4 is 29.6 Å². The summed E-state index contributed by atoms with van der Waals surface area (Å²) in [6.45, 7) is -0.941. The van der Waals surface area contributed by atoms with Crippen LogP contribution in [0.3, 0.4) is 0 Å². The average Bonchev–Trinajstić information content (AvgIpc) is 2.62. The summed E-state index contributed by atoms with van der Waals surface area (Å²) in [7, 11) is 0. The maximum absolute atomic E-state index is 12.1. The molecule has 13 nitrogen and oxygen atoms in total. The molecule has 0 rings (SSSR count). The maximum Gasteiger partial charge on any atom is 0.328 e. The van der Waals surface area contributed by atoms with Crippen LogP contribution in [0, 0.1) is 0 Å². The highest BCUT2D eigenvalue weighted by molar-refractivity contribution is 5.94. The third-order valence-corrected chi connectivity index (χ3v) is 3.58. The molecule has 0 spiro atoms. The van der Waals surface area contributed by atoms with Crippen LogP contribution in [0.2, 0.25) is 0 Å². The summed E-state index contributed by atoms with van der Waals surface area (Å²) in [6.07, 6.45) is 1.13. The van der Waals surface area contributed by atoms with E-state index in [1.165, 1.54) is 0 Å². The molecule has 0 bridgehead atoms. The van der Waals surface area contributed by atoms with E-state index in [9.17, 15) is 24.0 Å². The molecule has 0 heterocycles. The van der Waals surface area contributed by atoms with Gasteiger partial charge in [0.1, 0.15) is 12.1 Å². The molecule has 160 valence electrons. The second-order valence-corrected chi connectivity index (χ2v) is 5.98. The van der Waals surface area contributed by atoms with Crippen LogP contribution in [0.25, 0.3) is 0 Å². The number of hydrogen-bond donors (Lipinski definition) is 8. The lowest BCUT2D eigenvalue weighted by molar-refractivity contribution is -0.143. The van der Waals surface area contributed by atoms with E-state index >= 15 is 0 Å². The normalized spacial score (nSPS) is 13.7. The van der Waals surface area contributed by atoms with Gasteiger partial charge in [-0.3, -0.25) is 19.2 Å². The summed E-state index contributed by atoms with van der Waals surface area (Å²) in [5.74, 6) is -4.86. The molecule has 0 fully saturated rings. The molecule has 0 saturated heterocycles. The fourth-order valence-electron chi connectivity index (χ4n) is 2.05. The van der Waals surface area contributed by atoms with Gasteiger partial charge < -0.3 is 43.4 Å². The Kier molecular flexibility index (Phi) is 12.1. The molecule has 0 radical (unpaired) electrons. The van der Waals surface area contributed by atoms with Crippen molar-refractivity contribution in [2.24, 2.45) is 17.2 Å². The second kappa shape index (κ2) is 13.4. The van der Waals surface area contributed by atoms with Crippen molar-refractivity contribution in [3.8, 4) is 0 Å². The largest absolute Gasteiger partial charge is 0.480 e. The van der Waals surface area contributed by atoms with E-state index in [0.717, 1.165) is 0 Å². The Bertz CT molecular complexity index is 571. The number of nitrogens with one attached hydrogen (secondary N) is 3. The fraction of sp³-hybridized carbons (Fsp3) is 0.667. The first-order valence-electron chi connectivity index (χ1n) is 8.57. The van der Waals surface area contributed by atoms with Crippen LogP contribution < -0.4 is 33.2 Å². The summed E-state index contributed by atoms with van der Waals surface area (Å²) < 4.78 is 0. The van der Waals surface area contributed by atoms with Gasteiger partial charge in [-0.25, -0.2) is 4.79 Å². The monoisotopic (exact) mass is 404 g/mol. The van der Waals surface area contributed by atoms with Gasteiger partial charge in [0.2, 0.25) is 23.6 Å². The molecule has 13 heteroatoms. The Morgan fingerprint density at radius 1 is 0.964 bits per heavy atom. The minimum atomic E-state index is -1.62. The maximum atomic E-state index is 12.1. The molecule has 0 aliphatic carbocycles. The predicted molar refractivity (Wildman–Crippen MR) is 96.3 cm³/mol. The van der Waals surface area contributed by atoms with Gasteiger partial charge in [0.15, 0.2) is 0 Å². The lowest BCUT2D eigenvalue weighted by atomic mass is 10.1. The first kappa shape index (κ1) is 25.2. The van der Waals surface area contributed by atoms with Gasteiger partial charge in [0, 0.05) is 0 Å². The first-order chi connectivity index (χ1) is 13.1. The SMILES string of the molecule is NCCCCC(N)C(=O)NCC(=O)NC(CC(N)=O)C(=O)NC(CO)C(=O)O. The van der Waals surface area contributed by atoms with Crippen molar-refractivity contribution in [1.82, 2.24) is 16.0 Å². The number of unbranched alkanes of at least 4 members (excludes halogenated alkanes) is 1. The van der Waals surface area contributed by atoms with Gasteiger partial charge in [-0.05, 0) is 19.4 Å². The zero-order chi connectivity index (χ0) is 21.7. The summed E-state index contributed by atoms with van der Waals surface area (Å²) in [6, 6.07) is -3.93. The number of primary amides is 1. The summed E-state index contributed by atoms with van der Waals surface area (Å²) in [5, 5.41) is 24.2. The minimum Gasteiger partial charge on any atom is -0.480 e. The molecule has 11 N–H and O–H groups in total. The van der Waals surface area contributed by atoms with Crippen LogP contribution in [0.4, 0.5) is 0 Å². The fourth-order valence-corrected chi connectivity index (χ4v) is 2.05. The summed E-state index contributed by atoms with van der Waals surface area (Å²) >= 11 is 0. The molecule has 4 amide bonds. The lowest BCUT2D eigenvalue weighted by Gasteiger charge is -2.20. The number of aliphatic hydroxyl groups is 1. The highest BCUT2D eigenvalue weighted by Crippen LogP contribution is 1.98. The highest BCUT2D eigenvalue weighted by Gasteiger charge is 2.27. The number of carbonyl (C=O) groups is 5. The van der Waals surface area contributed by atoms with Crippen molar-refractivity contribution in [2.45, 2.75) is 43.8 Å². The second-order valence-electron chi connectivity index (χ2n) is 5.98. The lowest BCUT2D eigenvalue weighted by Crippen LogP contribution is -2.55. The quantitative estimate of drug-likeness (QED) is 0.130. The molecule has 0 aromatic carbocycles. The topological polar surface area (TPSA) is 240 Å². The zero-order valence-corrected chi connectivity index (χ0v) is 15.3. The van der Waals surface area contributed by atoms with E-state index in [1.807, 2.05) is 5.32 Å². The Morgan fingerprint density at radius 2 is 1.61 bits per heavy atom. The van der Waals surface area contributed by atoms with Gasteiger partial charge in [-0.1, -0.05) is 6.42 Å². The number of aliphatic hydroxyl groups excluding tert-OH is 1. The van der Waals surface area contributed by atoms with E-state index in [4.69, 9.17) is 27.4 Å². The van der Waals surface area contributed by atoms with E-state index in [0.29, 0.717) is 25.8 Å². The standard InChI is InChI=1S/C15H28N6O7/c16-4-2-1-3-8(17)13(25)19-6-12(24)20-9(5-11(18)23)14(26)21-10(7-22)15(27)28/h8-10,22H,1-7,16-17H2,(H2,18,23)(H,19,25)(H,20,24)(H,21,26)(H,27,28). The Balaban J connectivity index is 4.68. The van der Waals surface area contributed by atoms with E-state index in [1.54, 1.807) is 0 Å². The molecule has 28 heavy (non-hydrogen) atoms. The van der Waals surface area contributed by atoms with Crippen LogP contribution in [0.15, 0.2) is 0 Å². The van der Waals surface area contributed by atoms with Crippen LogP contribution in [-0.4, -0.2) is 77.6 Å². The molecule has 0 aromatic heterocycles. The van der Waals surface area contributed by atoms with Gasteiger partial charge in [-0.15, -0.1) is 0 Å². The van der Waals surface area contributed by atoms with E-state index < -0.39 is 67.3 Å². The van der Waals surface area contributed by atoms with Gasteiger partial charge in [-0.2, -0.15) is 0 Å². The summed E-state index contributed by atoms with van der Waals surface area (Å²) in [5.41, 5.74) is 16.0. The van der Waals surface area contributed by atoms with Crippen LogP contribution in [0.5, 0.6) is 0 Å². The predicted octanol–water partition coefficient (Wildman–Crippen LogP) is -4.52. The van der Waals surface area contributed by atoms with Crippen LogP contribution in [-0.2, 0) is 24.0 Å². The number of carboxylic acid groups (broad SMARTS) is 1. The number of nitrogens with two attached hydrogens (primary N) is 3. The van der Waals surface area contributed by atoms with Crippen molar-refractivity contribution in [1.29, 1.82) is 0 Å². The van der Waals surface area contributed by atoms with Crippen molar-refractivity contribution in [2.75, 3.05) is 19.7 Å². The zero-order valence-electron chi connectivity index (χ0n) is 15.3. The number of aliphatic carboxylic acids is 1. The molecule has 0 aliphatic rings. The Labute approximate surface area is 161 Å². The van der Waals surface area contributed by atoms with E-state index in [2.05, 4.69) is 10.6 Å². The van der Waals surface area contributed by atoms with Gasteiger partial charge in [0.25, 0.3) is 0 Å². The number of carboxylic acids is 1. The first-order valence-corrected chi connectivity index (χ1v) is 8.57. The molecular weight excluding hydrogens is 376 g/mol. The van der Waals surface area contributed by atoms with E-state index in [-0.39, 0.29) is 0 Å². The Hall–Kier alpha value is -2.77. The van der Waals surface area contributed by atoms with Crippen LogP contribution in [0.1, 0.15) is 25.7 Å². The highest BCUT2D eigenvalue weighted by atomic mass is 16.4. The van der Waals surface area contributed by atoms with Crippen LogP contribution >= 0.6 is 0 Å². The van der Waals surface area contributed by atoms with Crippen molar-refractivity contribution < 1.29 is 34.2 Å². The third-order valence-electron chi connectivity index (χ3n) is 3.58. The number of rotatable bonds is 14. The molecule has 0 saturated carbocycles. The average molecular weight is 404 g/mol. The molecule has 0 aliphatic heterocycles. The summed E-state index contributed by atoms with van der Waals surface area (Å²) in [4.78, 5) is 57.7. The number of hydrogen-bond acceptors (Lipinski definition) is 8. The molecule has 0 aromatic rings. The molecule has 3 unspecified atom stereocenters.